The number of allylic oxidation sites excluding steroid dienone is 1. The molecule has 5 atom stereocenters. The Kier molecular flexibility index (Phi) is 10.7. The Labute approximate surface area is 151 Å². The van der Waals surface area contributed by atoms with Crippen molar-refractivity contribution in [2.45, 2.75) is 83.0 Å². The SMILES string of the molecule is CCCCC[C@@H]1[C@H](/C=C/[C@@H](O)C/C=C\CCCC(=O)O)[C@H](O)C[C@@H]1O. The molecule has 1 aliphatic carbocycles. The first-order valence-electron chi connectivity index (χ1n) is 9.55. The standard InChI is InChI=1S/C20H34O5/c1-2-3-6-10-16-17(19(23)14-18(16)22)13-12-15(21)9-7-4-5-8-11-20(24)25/h4,7,12-13,15-19,21-23H,2-3,5-6,8-11,14H2,1H3,(H,24,25)/b7-4-,13-12+/t15-,16+,17-,18-,19+/m0/s1. The van der Waals surface area contributed by atoms with Gasteiger partial charge in [-0.15, -0.1) is 0 Å². The van der Waals surface area contributed by atoms with E-state index in [1.807, 2.05) is 18.2 Å². The van der Waals surface area contributed by atoms with Gasteiger partial charge in [0.15, 0.2) is 0 Å². The second kappa shape index (κ2) is 12.2. The van der Waals surface area contributed by atoms with Gasteiger partial charge in [-0.25, -0.2) is 0 Å². The number of aliphatic carboxylic acids is 1. The second-order valence-electron chi connectivity index (χ2n) is 7.05. The molecule has 1 aliphatic rings. The van der Waals surface area contributed by atoms with E-state index in [2.05, 4.69) is 6.92 Å². The Morgan fingerprint density at radius 3 is 2.60 bits per heavy atom. The highest BCUT2D eigenvalue weighted by atomic mass is 16.4. The molecule has 0 aromatic carbocycles. The van der Waals surface area contributed by atoms with Gasteiger partial charge >= 0.3 is 5.97 Å². The summed E-state index contributed by atoms with van der Waals surface area (Å²) in [5.41, 5.74) is 0. The number of carbonyl (C=O) groups is 1. The van der Waals surface area contributed by atoms with Crippen molar-refractivity contribution in [1.82, 2.24) is 0 Å². The van der Waals surface area contributed by atoms with Gasteiger partial charge in [0.2, 0.25) is 0 Å². The van der Waals surface area contributed by atoms with Gasteiger partial charge in [0.25, 0.3) is 0 Å². The topological polar surface area (TPSA) is 98.0 Å². The van der Waals surface area contributed by atoms with Gasteiger partial charge < -0.3 is 20.4 Å². The lowest BCUT2D eigenvalue weighted by atomic mass is 9.88. The fourth-order valence-corrected chi connectivity index (χ4v) is 3.47. The number of carboxylic acid groups (broad SMARTS) is 1. The average Bonchev–Trinajstić information content (AvgIpc) is 2.82. The minimum atomic E-state index is -0.790. The summed E-state index contributed by atoms with van der Waals surface area (Å²) in [5.74, 6) is -0.820. The molecule has 144 valence electrons. The highest BCUT2D eigenvalue weighted by molar-refractivity contribution is 5.66. The predicted octanol–water partition coefficient (Wildman–Crippen LogP) is 3.04. The zero-order chi connectivity index (χ0) is 18.7. The summed E-state index contributed by atoms with van der Waals surface area (Å²) < 4.78 is 0. The van der Waals surface area contributed by atoms with Gasteiger partial charge in [0.1, 0.15) is 0 Å². The van der Waals surface area contributed by atoms with E-state index in [4.69, 9.17) is 5.11 Å². The Morgan fingerprint density at radius 1 is 1.16 bits per heavy atom. The Hall–Kier alpha value is -1.17. The van der Waals surface area contributed by atoms with Crippen LogP contribution in [0.25, 0.3) is 0 Å². The Bertz CT molecular complexity index is 432. The molecule has 0 saturated heterocycles. The monoisotopic (exact) mass is 354 g/mol. The fourth-order valence-electron chi connectivity index (χ4n) is 3.47. The van der Waals surface area contributed by atoms with E-state index in [-0.39, 0.29) is 18.3 Å². The molecule has 0 bridgehead atoms. The van der Waals surface area contributed by atoms with Crippen LogP contribution in [-0.4, -0.2) is 44.7 Å². The maximum Gasteiger partial charge on any atom is 0.303 e. The van der Waals surface area contributed by atoms with Gasteiger partial charge in [-0.05, 0) is 31.6 Å². The van der Waals surface area contributed by atoms with Crippen molar-refractivity contribution in [3.8, 4) is 0 Å². The van der Waals surface area contributed by atoms with Crippen LogP contribution < -0.4 is 0 Å². The summed E-state index contributed by atoms with van der Waals surface area (Å²) in [6.45, 7) is 2.14. The maximum atomic E-state index is 10.4. The summed E-state index contributed by atoms with van der Waals surface area (Å²) in [6.07, 6.45) is 12.2. The lowest BCUT2D eigenvalue weighted by Crippen LogP contribution is -2.21. The van der Waals surface area contributed by atoms with E-state index >= 15 is 0 Å². The van der Waals surface area contributed by atoms with E-state index in [0.717, 1.165) is 25.7 Å². The van der Waals surface area contributed by atoms with Crippen molar-refractivity contribution >= 4 is 5.97 Å². The van der Waals surface area contributed by atoms with Crippen LogP contribution in [0.3, 0.4) is 0 Å². The molecule has 1 rings (SSSR count). The number of rotatable bonds is 12. The van der Waals surface area contributed by atoms with Crippen LogP contribution in [0.15, 0.2) is 24.3 Å². The largest absolute Gasteiger partial charge is 0.481 e. The third-order valence-corrected chi connectivity index (χ3v) is 4.92. The van der Waals surface area contributed by atoms with Crippen LogP contribution in [0.4, 0.5) is 0 Å². The maximum absolute atomic E-state index is 10.4. The Balaban J connectivity index is 2.39. The summed E-state index contributed by atoms with van der Waals surface area (Å²) in [6, 6.07) is 0. The van der Waals surface area contributed by atoms with E-state index < -0.39 is 24.3 Å². The first-order valence-corrected chi connectivity index (χ1v) is 9.55. The summed E-state index contributed by atoms with van der Waals surface area (Å²) in [7, 11) is 0. The van der Waals surface area contributed by atoms with Crippen LogP contribution in [0.5, 0.6) is 0 Å². The first-order chi connectivity index (χ1) is 12.0. The Morgan fingerprint density at radius 2 is 1.92 bits per heavy atom. The number of carboxylic acids is 1. The highest BCUT2D eigenvalue weighted by Gasteiger charge is 2.39. The molecule has 5 nitrogen and oxygen atoms in total. The van der Waals surface area contributed by atoms with Crippen LogP contribution in [-0.2, 0) is 4.79 Å². The van der Waals surface area contributed by atoms with E-state index in [1.54, 1.807) is 6.08 Å². The average molecular weight is 354 g/mol. The molecule has 1 fully saturated rings. The van der Waals surface area contributed by atoms with Crippen LogP contribution in [0.1, 0.15) is 64.7 Å². The summed E-state index contributed by atoms with van der Waals surface area (Å²) in [5, 5.41) is 38.9. The molecule has 0 aromatic heterocycles. The molecule has 0 heterocycles. The molecule has 25 heavy (non-hydrogen) atoms. The molecular formula is C20H34O5. The zero-order valence-corrected chi connectivity index (χ0v) is 15.3. The highest BCUT2D eigenvalue weighted by Crippen LogP contribution is 2.37. The number of aliphatic hydroxyl groups excluding tert-OH is 3. The van der Waals surface area contributed by atoms with Gasteiger partial charge in [-0.2, -0.15) is 0 Å². The summed E-state index contributed by atoms with van der Waals surface area (Å²) in [4.78, 5) is 10.4. The van der Waals surface area contributed by atoms with E-state index in [0.29, 0.717) is 25.7 Å². The number of hydrogen-bond donors (Lipinski definition) is 4. The molecule has 0 aromatic rings. The van der Waals surface area contributed by atoms with Crippen molar-refractivity contribution in [2.24, 2.45) is 11.8 Å². The minimum Gasteiger partial charge on any atom is -0.481 e. The third-order valence-electron chi connectivity index (χ3n) is 4.92. The predicted molar refractivity (Wildman–Crippen MR) is 98.1 cm³/mol. The molecule has 0 radical (unpaired) electrons. The van der Waals surface area contributed by atoms with E-state index in [1.165, 1.54) is 0 Å². The third kappa shape index (κ3) is 8.66. The molecule has 5 heteroatoms. The van der Waals surface area contributed by atoms with Crippen LogP contribution >= 0.6 is 0 Å². The van der Waals surface area contributed by atoms with Gasteiger partial charge in [0, 0.05) is 18.8 Å². The zero-order valence-electron chi connectivity index (χ0n) is 15.3. The smallest absolute Gasteiger partial charge is 0.303 e. The van der Waals surface area contributed by atoms with Gasteiger partial charge in [-0.1, -0.05) is 50.5 Å². The van der Waals surface area contributed by atoms with Crippen molar-refractivity contribution in [3.05, 3.63) is 24.3 Å². The van der Waals surface area contributed by atoms with Crippen LogP contribution in [0.2, 0.25) is 0 Å². The molecule has 0 spiro atoms. The summed E-state index contributed by atoms with van der Waals surface area (Å²) >= 11 is 0. The molecule has 0 unspecified atom stereocenters. The van der Waals surface area contributed by atoms with Crippen molar-refractivity contribution in [2.75, 3.05) is 0 Å². The normalized spacial score (nSPS) is 28.2. The van der Waals surface area contributed by atoms with Gasteiger partial charge in [0.05, 0.1) is 18.3 Å². The lowest BCUT2D eigenvalue weighted by Gasteiger charge is -2.21. The number of unbranched alkanes of at least 4 members (excludes halogenated alkanes) is 3. The lowest BCUT2D eigenvalue weighted by molar-refractivity contribution is -0.137. The quantitative estimate of drug-likeness (QED) is 0.319. The van der Waals surface area contributed by atoms with Crippen LogP contribution in [0, 0.1) is 11.8 Å². The molecule has 0 aliphatic heterocycles. The second-order valence-corrected chi connectivity index (χ2v) is 7.05. The van der Waals surface area contributed by atoms with Crippen molar-refractivity contribution < 1.29 is 25.2 Å². The fraction of sp³-hybridized carbons (Fsp3) is 0.750. The number of aliphatic hydroxyl groups is 3. The van der Waals surface area contributed by atoms with Crippen molar-refractivity contribution in [1.29, 1.82) is 0 Å². The molecule has 1 saturated carbocycles. The first kappa shape index (κ1) is 21.9. The molecule has 4 N–H and O–H groups in total. The van der Waals surface area contributed by atoms with Crippen molar-refractivity contribution in [3.63, 3.8) is 0 Å². The van der Waals surface area contributed by atoms with Gasteiger partial charge in [-0.3, -0.25) is 4.79 Å². The molecule has 0 amide bonds. The van der Waals surface area contributed by atoms with E-state index in [9.17, 15) is 20.1 Å². The molecular weight excluding hydrogens is 320 g/mol. The minimum absolute atomic E-state index is 0.0663. The number of hydrogen-bond acceptors (Lipinski definition) is 4.